The van der Waals surface area contributed by atoms with Crippen LogP contribution in [0.2, 0.25) is 0 Å². The number of nitrogens with zero attached hydrogens (tertiary/aromatic N) is 2. The molecule has 10 nitrogen and oxygen atoms in total. The van der Waals surface area contributed by atoms with Crippen LogP contribution in [-0.4, -0.2) is 37.6 Å². The Kier molecular flexibility index (Phi) is 17.7. The van der Waals surface area contributed by atoms with Crippen molar-refractivity contribution >= 4 is 37.1 Å². The van der Waals surface area contributed by atoms with Crippen LogP contribution in [0.1, 0.15) is 149 Å². The van der Waals surface area contributed by atoms with E-state index in [2.05, 4.69) is 90.0 Å². The van der Waals surface area contributed by atoms with Crippen molar-refractivity contribution in [2.75, 3.05) is 6.54 Å². The molecule has 1 aliphatic rings. The summed E-state index contributed by atoms with van der Waals surface area (Å²) in [6, 6.07) is 43.9. The molecule has 408 valence electrons. The van der Waals surface area contributed by atoms with Crippen molar-refractivity contribution in [3.8, 4) is 23.0 Å². The zero-order valence-electron chi connectivity index (χ0n) is 47.3. The lowest BCUT2D eigenvalue weighted by atomic mass is 9.74. The van der Waals surface area contributed by atoms with Crippen molar-refractivity contribution < 1.29 is 34.9 Å². The van der Waals surface area contributed by atoms with Crippen LogP contribution in [0.25, 0.3) is 0 Å². The monoisotopic (exact) mass is 1110 g/mol. The van der Waals surface area contributed by atoms with Gasteiger partial charge in [0.15, 0.2) is 0 Å². The van der Waals surface area contributed by atoms with Crippen LogP contribution < -0.4 is 18.1 Å². The molecular formula is C62H80N2O8P2S2. The van der Waals surface area contributed by atoms with Crippen LogP contribution in [0.5, 0.6) is 23.0 Å². The predicted octanol–water partition coefficient (Wildman–Crippen LogP) is 16.9. The van der Waals surface area contributed by atoms with Crippen LogP contribution in [0.3, 0.4) is 0 Å². The molecule has 7 rings (SSSR count). The Morgan fingerprint density at radius 3 is 1.13 bits per heavy atom. The number of aryl methyl sites for hydroxylation is 2. The number of benzene rings is 6. The van der Waals surface area contributed by atoms with E-state index in [0.717, 1.165) is 33.4 Å². The van der Waals surface area contributed by atoms with Crippen molar-refractivity contribution in [1.29, 1.82) is 0 Å². The van der Waals surface area contributed by atoms with Gasteiger partial charge in [0.05, 0.1) is 9.79 Å². The maximum absolute atomic E-state index is 15.9. The molecule has 0 amide bonds. The highest BCUT2D eigenvalue weighted by Crippen LogP contribution is 2.57. The fourth-order valence-electron chi connectivity index (χ4n) is 9.70. The lowest BCUT2D eigenvalue weighted by Gasteiger charge is -2.45. The van der Waals surface area contributed by atoms with Gasteiger partial charge in [0.1, 0.15) is 23.0 Å². The summed E-state index contributed by atoms with van der Waals surface area (Å²) in [4.78, 5) is 0.188. The van der Waals surface area contributed by atoms with Gasteiger partial charge in [0.2, 0.25) is 0 Å². The molecule has 76 heavy (non-hydrogen) atoms. The lowest BCUT2D eigenvalue weighted by molar-refractivity contribution is 0.142. The SMILES string of the molecule is Cc1ccc(S(=O)(=O)N(CC2(C)CCCC(N(P(Oc3ccccc3C(C)(C)C)Oc3ccccc3C(C)(C)C)S(=O)(=O)c3ccc(C)cc3)C2)P(Oc2ccccc2C(C)(C)C)Oc2ccccc2C(C)(C)C)cc1. The van der Waals surface area contributed by atoms with E-state index < -0.39 is 48.6 Å². The van der Waals surface area contributed by atoms with Gasteiger partial charge >= 0.3 is 17.1 Å². The van der Waals surface area contributed by atoms with Gasteiger partial charge in [-0.1, -0.05) is 205 Å². The molecule has 0 heterocycles. The fourth-order valence-corrected chi connectivity index (χ4v) is 17.2. The quantitative estimate of drug-likeness (QED) is 0.0830. The van der Waals surface area contributed by atoms with Gasteiger partial charge in [0.25, 0.3) is 20.0 Å². The van der Waals surface area contributed by atoms with Crippen LogP contribution in [0.4, 0.5) is 0 Å². The van der Waals surface area contributed by atoms with Gasteiger partial charge in [-0.2, -0.15) is 0 Å². The minimum Gasteiger partial charge on any atom is -0.426 e. The molecule has 14 heteroatoms. The van der Waals surface area contributed by atoms with Gasteiger partial charge in [-0.05, 0) is 131 Å². The van der Waals surface area contributed by atoms with E-state index >= 15 is 16.8 Å². The normalized spacial score (nSPS) is 17.1. The minimum atomic E-state index is -4.41. The van der Waals surface area contributed by atoms with Crippen molar-refractivity contribution in [2.24, 2.45) is 5.41 Å². The number of hydrogen-bond donors (Lipinski definition) is 0. The summed E-state index contributed by atoms with van der Waals surface area (Å²) in [5.74, 6) is 2.04. The average Bonchev–Trinajstić information content (AvgIpc) is 3.34. The van der Waals surface area contributed by atoms with E-state index in [0.29, 0.717) is 42.3 Å². The Labute approximate surface area is 458 Å². The van der Waals surface area contributed by atoms with E-state index in [1.54, 1.807) is 48.5 Å². The first-order valence-corrected chi connectivity index (χ1v) is 31.4. The second-order valence-electron chi connectivity index (χ2n) is 24.8. The zero-order chi connectivity index (χ0) is 55.6. The van der Waals surface area contributed by atoms with Gasteiger partial charge < -0.3 is 18.1 Å². The molecule has 0 spiro atoms. The third kappa shape index (κ3) is 13.9. The molecule has 0 saturated heterocycles. The molecule has 0 bridgehead atoms. The fraction of sp³-hybridized carbons (Fsp3) is 0.419. The minimum absolute atomic E-state index is 0.0709. The standard InChI is InChI=1S/C62H80N2O8P2S2/c1-45-34-38-48(39-35-45)75(65,66)63(73(69-54-30-20-16-26-50(54)58(3,4)5)70-55-31-21-17-27-51(55)59(6,7)8)44-62(15)42-24-25-47(43-62)64(76(67,68)49-40-36-46(2)37-41-49)74(71-56-32-22-18-28-52(56)60(9,10)11)72-57-33-23-19-29-53(57)61(12,13)14/h16-23,26-41,47H,24-25,42-44H2,1-15H3. The molecule has 1 saturated carbocycles. The van der Waals surface area contributed by atoms with Crippen molar-refractivity contribution in [3.63, 3.8) is 0 Å². The Balaban J connectivity index is 1.43. The molecule has 0 N–H and O–H groups in total. The van der Waals surface area contributed by atoms with E-state index in [1.165, 1.54) is 8.15 Å². The summed E-state index contributed by atoms with van der Waals surface area (Å²) in [7, 11) is -13.8. The van der Waals surface area contributed by atoms with Crippen molar-refractivity contribution in [1.82, 2.24) is 8.15 Å². The smallest absolute Gasteiger partial charge is 0.399 e. The third-order valence-corrected chi connectivity index (χ3v) is 21.7. The first-order chi connectivity index (χ1) is 35.4. The predicted molar refractivity (Wildman–Crippen MR) is 313 cm³/mol. The number of rotatable bonds is 17. The molecule has 1 fully saturated rings. The van der Waals surface area contributed by atoms with E-state index in [9.17, 15) is 0 Å². The molecule has 1 aliphatic carbocycles. The highest BCUT2D eigenvalue weighted by Gasteiger charge is 2.50. The number of hydrogen-bond acceptors (Lipinski definition) is 8. The summed E-state index contributed by atoms with van der Waals surface area (Å²) in [6.07, 6.45) is 1.84. The van der Waals surface area contributed by atoms with Crippen LogP contribution in [0.15, 0.2) is 155 Å². The summed E-state index contributed by atoms with van der Waals surface area (Å²) < 4.78 is 94.9. The van der Waals surface area contributed by atoms with Crippen LogP contribution in [-0.2, 0) is 41.7 Å². The van der Waals surface area contributed by atoms with Crippen molar-refractivity contribution in [2.45, 2.75) is 167 Å². The second-order valence-corrected chi connectivity index (χ2v) is 31.6. The highest BCUT2D eigenvalue weighted by molar-refractivity contribution is 7.94. The first kappa shape index (κ1) is 58.9. The van der Waals surface area contributed by atoms with E-state index in [-0.39, 0.29) is 44.4 Å². The molecule has 2 atom stereocenters. The first-order valence-electron chi connectivity index (χ1n) is 26.3. The summed E-state index contributed by atoms with van der Waals surface area (Å²) in [5, 5.41) is 0. The lowest BCUT2D eigenvalue weighted by Crippen LogP contribution is -2.47. The largest absolute Gasteiger partial charge is 0.426 e. The summed E-state index contributed by atoms with van der Waals surface area (Å²) >= 11 is 0. The maximum Gasteiger partial charge on any atom is 0.399 e. The molecule has 6 aromatic rings. The Hall–Kier alpha value is -4.80. The van der Waals surface area contributed by atoms with Crippen LogP contribution in [0, 0.1) is 19.3 Å². The summed E-state index contributed by atoms with van der Waals surface area (Å²) in [5.41, 5.74) is 3.01. The molecular weight excluding hydrogens is 1030 g/mol. The maximum atomic E-state index is 15.9. The van der Waals surface area contributed by atoms with E-state index in [4.69, 9.17) is 18.1 Å². The average molecular weight is 1110 g/mol. The van der Waals surface area contributed by atoms with Gasteiger partial charge in [-0.3, -0.25) is 0 Å². The molecule has 0 aromatic heterocycles. The summed E-state index contributed by atoms with van der Waals surface area (Å²) in [6.45, 7) is 31.0. The Bertz CT molecular complexity index is 3060. The van der Waals surface area contributed by atoms with E-state index in [1.807, 2.05) is 111 Å². The topological polar surface area (TPSA) is 112 Å². The molecule has 6 aromatic carbocycles. The molecule has 0 aliphatic heterocycles. The van der Waals surface area contributed by atoms with Crippen molar-refractivity contribution in [3.05, 3.63) is 179 Å². The number of para-hydroxylation sites is 4. The van der Waals surface area contributed by atoms with Gasteiger partial charge in [-0.25, -0.2) is 16.8 Å². The second kappa shape index (κ2) is 22.9. The highest BCUT2D eigenvalue weighted by atomic mass is 32.2. The Morgan fingerprint density at radius 1 is 0.474 bits per heavy atom. The zero-order valence-corrected chi connectivity index (χ0v) is 50.8. The third-order valence-electron chi connectivity index (χ3n) is 13.9. The van der Waals surface area contributed by atoms with Gasteiger partial charge in [0, 0.05) is 12.6 Å². The van der Waals surface area contributed by atoms with Crippen LogP contribution >= 0.6 is 17.1 Å². The van der Waals surface area contributed by atoms with Gasteiger partial charge in [-0.15, -0.1) is 8.15 Å². The Morgan fingerprint density at radius 2 is 0.789 bits per heavy atom. The number of sulfonamides is 2. The molecule has 0 radical (unpaired) electrons. The molecule has 2 unspecified atom stereocenters.